The minimum Gasteiger partial charge on any atom is -0.480 e. The van der Waals surface area contributed by atoms with Crippen LogP contribution in [-0.4, -0.2) is 39.5 Å². The maximum absolute atomic E-state index is 12.8. The lowest BCUT2D eigenvalue weighted by molar-refractivity contribution is -0.143. The molecule has 0 saturated carbocycles. The Labute approximate surface area is 147 Å². The number of Topliss-reactive ketones (excluding diaryl/α,β-unsaturated/α-hetero) is 1. The zero-order valence-electron chi connectivity index (χ0n) is 13.5. The first-order valence-electron chi connectivity index (χ1n) is 7.75. The van der Waals surface area contributed by atoms with Crippen molar-refractivity contribution < 1.29 is 29.3 Å². The van der Waals surface area contributed by atoms with Crippen LogP contribution >= 0.6 is 0 Å². The van der Waals surface area contributed by atoms with Crippen LogP contribution in [0.15, 0.2) is 54.6 Å². The molecule has 1 aromatic heterocycles. The van der Waals surface area contributed by atoms with Crippen molar-refractivity contribution in [3.8, 4) is 0 Å². The van der Waals surface area contributed by atoms with E-state index < -0.39 is 30.4 Å². The molecule has 0 radical (unpaired) electrons. The van der Waals surface area contributed by atoms with Crippen molar-refractivity contribution in [2.45, 2.75) is 6.10 Å². The van der Waals surface area contributed by atoms with Crippen LogP contribution in [0.1, 0.15) is 32.5 Å². The van der Waals surface area contributed by atoms with Crippen LogP contribution in [0.4, 0.5) is 0 Å². The number of benzene rings is 2. The van der Waals surface area contributed by atoms with E-state index in [0.717, 1.165) is 0 Å². The number of carbonyl (C=O) groups is 3. The van der Waals surface area contributed by atoms with Crippen LogP contribution in [-0.2, 0) is 9.53 Å². The minimum atomic E-state index is -1.21. The lowest BCUT2D eigenvalue weighted by Crippen LogP contribution is -2.20. The molecule has 0 aliphatic heterocycles. The fourth-order valence-corrected chi connectivity index (χ4v) is 2.72. The molecular formula is C19H15NO6. The number of hydrogen-bond donors (Lipinski definition) is 3. The maximum atomic E-state index is 12.8. The highest BCUT2D eigenvalue weighted by Crippen LogP contribution is 2.27. The number of rotatable bonds is 7. The number of nitrogens with one attached hydrogen (secondary N) is 1. The molecule has 3 N–H and O–H groups in total. The molecule has 1 heterocycles. The monoisotopic (exact) mass is 353 g/mol. The van der Waals surface area contributed by atoms with E-state index >= 15 is 0 Å². The van der Waals surface area contributed by atoms with Crippen molar-refractivity contribution in [3.63, 3.8) is 0 Å². The van der Waals surface area contributed by atoms with E-state index in [1.54, 1.807) is 42.5 Å². The van der Waals surface area contributed by atoms with Crippen molar-refractivity contribution in [1.82, 2.24) is 4.98 Å². The summed E-state index contributed by atoms with van der Waals surface area (Å²) in [6, 6.07) is 14.6. The first kappa shape index (κ1) is 17.4. The van der Waals surface area contributed by atoms with Gasteiger partial charge in [0.15, 0.2) is 11.9 Å². The molecule has 0 bridgehead atoms. The van der Waals surface area contributed by atoms with Gasteiger partial charge in [0.2, 0.25) is 0 Å². The number of carboxylic acid groups (broad SMARTS) is 2. The van der Waals surface area contributed by atoms with Gasteiger partial charge in [0.1, 0.15) is 6.61 Å². The van der Waals surface area contributed by atoms with Crippen LogP contribution in [0.5, 0.6) is 0 Å². The van der Waals surface area contributed by atoms with Crippen molar-refractivity contribution in [2.24, 2.45) is 0 Å². The SMILES string of the molecule is O=C(O)COC(C(=O)c1ccccc1)c1cc2c(C(=O)O)cccc2[nH]1. The summed E-state index contributed by atoms with van der Waals surface area (Å²) in [7, 11) is 0. The number of aromatic carboxylic acids is 1. The molecule has 26 heavy (non-hydrogen) atoms. The number of aliphatic carboxylic acids is 1. The summed E-state index contributed by atoms with van der Waals surface area (Å²) in [4.78, 5) is 38.0. The Balaban J connectivity index is 2.05. The number of fused-ring (bicyclic) bond motifs is 1. The predicted molar refractivity (Wildman–Crippen MR) is 92.4 cm³/mol. The molecule has 132 valence electrons. The zero-order valence-corrected chi connectivity index (χ0v) is 13.5. The maximum Gasteiger partial charge on any atom is 0.336 e. The van der Waals surface area contributed by atoms with Crippen molar-refractivity contribution in [2.75, 3.05) is 6.61 Å². The number of ketones is 1. The Morgan fingerprint density at radius 1 is 1.00 bits per heavy atom. The smallest absolute Gasteiger partial charge is 0.336 e. The van der Waals surface area contributed by atoms with Gasteiger partial charge in [0.05, 0.1) is 11.3 Å². The van der Waals surface area contributed by atoms with E-state index in [4.69, 9.17) is 9.84 Å². The second kappa shape index (κ2) is 7.20. The Kier molecular flexibility index (Phi) is 4.81. The van der Waals surface area contributed by atoms with Gasteiger partial charge in [-0.2, -0.15) is 0 Å². The molecule has 2 aromatic carbocycles. The molecule has 3 aromatic rings. The molecule has 0 aliphatic carbocycles. The van der Waals surface area contributed by atoms with E-state index in [9.17, 15) is 19.5 Å². The molecule has 0 fully saturated rings. The van der Waals surface area contributed by atoms with E-state index in [-0.39, 0.29) is 5.56 Å². The quantitative estimate of drug-likeness (QED) is 0.562. The van der Waals surface area contributed by atoms with Gasteiger partial charge in [-0.15, -0.1) is 0 Å². The number of ether oxygens (including phenoxy) is 1. The van der Waals surface area contributed by atoms with Crippen LogP contribution in [0, 0.1) is 0 Å². The van der Waals surface area contributed by atoms with Crippen LogP contribution < -0.4 is 0 Å². The van der Waals surface area contributed by atoms with Gasteiger partial charge in [-0.3, -0.25) is 4.79 Å². The normalized spacial score (nSPS) is 12.0. The topological polar surface area (TPSA) is 117 Å². The minimum absolute atomic E-state index is 0.0779. The molecule has 0 spiro atoms. The molecule has 3 rings (SSSR count). The van der Waals surface area contributed by atoms with Gasteiger partial charge in [-0.1, -0.05) is 36.4 Å². The number of H-pyrrole nitrogens is 1. The van der Waals surface area contributed by atoms with Gasteiger partial charge in [-0.25, -0.2) is 9.59 Å². The van der Waals surface area contributed by atoms with Crippen LogP contribution in [0.2, 0.25) is 0 Å². The molecule has 0 aliphatic rings. The fraction of sp³-hybridized carbons (Fsp3) is 0.105. The molecule has 1 unspecified atom stereocenters. The second-order valence-electron chi connectivity index (χ2n) is 5.61. The van der Waals surface area contributed by atoms with Crippen molar-refractivity contribution in [1.29, 1.82) is 0 Å². The van der Waals surface area contributed by atoms with E-state index in [2.05, 4.69) is 4.98 Å². The van der Waals surface area contributed by atoms with Gasteiger partial charge in [-0.05, 0) is 18.2 Å². The standard InChI is InChI=1S/C19H15NO6/c21-16(22)10-26-18(17(23)11-5-2-1-3-6-11)15-9-13-12(19(24)25)7-4-8-14(13)20-15/h1-9,18,20H,10H2,(H,21,22)(H,24,25). The van der Waals surface area contributed by atoms with Gasteiger partial charge in [0.25, 0.3) is 0 Å². The summed E-state index contributed by atoms with van der Waals surface area (Å²) in [5.41, 5.74) is 1.25. The Bertz CT molecular complexity index is 976. The predicted octanol–water partition coefficient (Wildman–Crippen LogP) is 2.89. The fourth-order valence-electron chi connectivity index (χ4n) is 2.72. The lowest BCUT2D eigenvalue weighted by atomic mass is 10.0. The van der Waals surface area contributed by atoms with Crippen molar-refractivity contribution >= 4 is 28.6 Å². The third kappa shape index (κ3) is 3.47. The Morgan fingerprint density at radius 3 is 2.38 bits per heavy atom. The highest BCUT2D eigenvalue weighted by Gasteiger charge is 2.26. The van der Waals surface area contributed by atoms with Crippen LogP contribution in [0.3, 0.4) is 0 Å². The first-order chi connectivity index (χ1) is 12.5. The van der Waals surface area contributed by atoms with E-state index in [1.165, 1.54) is 12.1 Å². The number of carboxylic acids is 2. The molecule has 0 amide bonds. The number of hydrogen-bond acceptors (Lipinski definition) is 4. The summed E-state index contributed by atoms with van der Waals surface area (Å²) in [6.45, 7) is -0.662. The number of carbonyl (C=O) groups excluding carboxylic acids is 1. The van der Waals surface area contributed by atoms with Gasteiger partial charge in [0, 0.05) is 16.5 Å². The molecule has 7 nitrogen and oxygen atoms in total. The van der Waals surface area contributed by atoms with Gasteiger partial charge >= 0.3 is 11.9 Å². The molecule has 1 atom stereocenters. The van der Waals surface area contributed by atoms with Gasteiger partial charge < -0.3 is 19.9 Å². The molecular weight excluding hydrogens is 338 g/mol. The summed E-state index contributed by atoms with van der Waals surface area (Å²) < 4.78 is 5.31. The molecule has 0 saturated heterocycles. The third-order valence-electron chi connectivity index (χ3n) is 3.87. The Hall–Kier alpha value is -3.45. The highest BCUT2D eigenvalue weighted by molar-refractivity contribution is 6.04. The van der Waals surface area contributed by atoms with Crippen LogP contribution in [0.25, 0.3) is 10.9 Å². The number of aromatic nitrogens is 1. The average Bonchev–Trinajstić information content (AvgIpc) is 3.05. The summed E-state index contributed by atoms with van der Waals surface area (Å²) in [5, 5.41) is 18.6. The van der Waals surface area contributed by atoms with E-state index in [1.807, 2.05) is 0 Å². The lowest BCUT2D eigenvalue weighted by Gasteiger charge is -2.14. The number of aromatic amines is 1. The Morgan fingerprint density at radius 2 is 1.73 bits per heavy atom. The second-order valence-corrected chi connectivity index (χ2v) is 5.61. The zero-order chi connectivity index (χ0) is 18.7. The average molecular weight is 353 g/mol. The largest absolute Gasteiger partial charge is 0.480 e. The molecule has 7 heteroatoms. The first-order valence-corrected chi connectivity index (χ1v) is 7.75. The van der Waals surface area contributed by atoms with Crippen molar-refractivity contribution in [3.05, 3.63) is 71.4 Å². The highest BCUT2D eigenvalue weighted by atomic mass is 16.5. The summed E-state index contributed by atoms with van der Waals surface area (Å²) in [6.07, 6.45) is -1.19. The summed E-state index contributed by atoms with van der Waals surface area (Å²) in [5.74, 6) is -2.73. The summed E-state index contributed by atoms with van der Waals surface area (Å²) >= 11 is 0. The van der Waals surface area contributed by atoms with E-state index in [0.29, 0.717) is 22.2 Å². The third-order valence-corrected chi connectivity index (χ3v) is 3.87.